The van der Waals surface area contributed by atoms with E-state index in [2.05, 4.69) is 17.9 Å². The van der Waals surface area contributed by atoms with Gasteiger partial charge in [-0.1, -0.05) is 13.3 Å². The molecule has 14 heavy (non-hydrogen) atoms. The summed E-state index contributed by atoms with van der Waals surface area (Å²) in [6.07, 6.45) is 5.15. The van der Waals surface area contributed by atoms with Gasteiger partial charge in [0.2, 0.25) is 0 Å². The third-order valence-corrected chi connectivity index (χ3v) is 3.31. The molecule has 0 N–H and O–H groups in total. The van der Waals surface area contributed by atoms with Gasteiger partial charge in [-0.3, -0.25) is 0 Å². The summed E-state index contributed by atoms with van der Waals surface area (Å²) >= 11 is 5.82. The maximum atomic E-state index is 8.63. The highest BCUT2D eigenvalue weighted by Crippen LogP contribution is 2.20. The highest BCUT2D eigenvalue weighted by molar-refractivity contribution is 6.22. The van der Waals surface area contributed by atoms with Gasteiger partial charge >= 0.3 is 0 Å². The van der Waals surface area contributed by atoms with Crippen molar-refractivity contribution in [1.82, 2.24) is 4.90 Å². The average molecular weight is 215 g/mol. The molecule has 1 fully saturated rings. The van der Waals surface area contributed by atoms with Gasteiger partial charge in [0.1, 0.15) is 5.38 Å². The predicted molar refractivity (Wildman–Crippen MR) is 59.3 cm³/mol. The Hall–Kier alpha value is -0.260. The molecule has 80 valence electrons. The van der Waals surface area contributed by atoms with Gasteiger partial charge < -0.3 is 4.90 Å². The molecule has 2 atom stereocenters. The lowest BCUT2D eigenvalue weighted by atomic mass is 9.98. The van der Waals surface area contributed by atoms with Crippen molar-refractivity contribution < 1.29 is 0 Å². The third kappa shape index (κ3) is 3.86. The van der Waals surface area contributed by atoms with Crippen molar-refractivity contribution in [3.8, 4) is 6.07 Å². The van der Waals surface area contributed by atoms with Crippen LogP contribution < -0.4 is 0 Å². The Morgan fingerprint density at radius 3 is 2.93 bits per heavy atom. The van der Waals surface area contributed by atoms with Gasteiger partial charge in [0, 0.05) is 6.54 Å². The van der Waals surface area contributed by atoms with Crippen LogP contribution in [-0.2, 0) is 0 Å². The number of likely N-dealkylation sites (tertiary alicyclic amines) is 1. The molecule has 3 heteroatoms. The van der Waals surface area contributed by atoms with Crippen LogP contribution in [0.25, 0.3) is 0 Å². The second-order valence-corrected chi connectivity index (χ2v) is 4.63. The van der Waals surface area contributed by atoms with E-state index in [-0.39, 0.29) is 5.38 Å². The topological polar surface area (TPSA) is 27.0 Å². The number of alkyl halides is 1. The van der Waals surface area contributed by atoms with Crippen LogP contribution in [0.1, 0.15) is 32.6 Å². The minimum atomic E-state index is -0.340. The van der Waals surface area contributed by atoms with E-state index < -0.39 is 0 Å². The van der Waals surface area contributed by atoms with Crippen LogP contribution in [-0.4, -0.2) is 29.9 Å². The minimum absolute atomic E-state index is 0.340. The Bertz CT molecular complexity index is 200. The molecule has 0 aliphatic carbocycles. The first-order valence-electron chi connectivity index (χ1n) is 5.52. The molecular formula is C11H19ClN2. The zero-order chi connectivity index (χ0) is 10.4. The normalized spacial score (nSPS) is 26.5. The van der Waals surface area contributed by atoms with Crippen molar-refractivity contribution in [3.63, 3.8) is 0 Å². The number of hydrogen-bond acceptors (Lipinski definition) is 2. The molecule has 2 unspecified atom stereocenters. The second kappa shape index (κ2) is 6.27. The van der Waals surface area contributed by atoms with Crippen LogP contribution in [0.5, 0.6) is 0 Å². The molecule has 1 rings (SSSR count). The van der Waals surface area contributed by atoms with Crippen LogP contribution in [0.4, 0.5) is 0 Å². The third-order valence-electron chi connectivity index (χ3n) is 3.08. The van der Waals surface area contributed by atoms with E-state index in [0.717, 1.165) is 25.6 Å². The maximum absolute atomic E-state index is 8.63. The van der Waals surface area contributed by atoms with Gasteiger partial charge in [0.05, 0.1) is 6.07 Å². The summed E-state index contributed by atoms with van der Waals surface area (Å²) < 4.78 is 0. The zero-order valence-electron chi connectivity index (χ0n) is 8.88. The first kappa shape index (κ1) is 11.8. The second-order valence-electron chi connectivity index (χ2n) is 4.10. The van der Waals surface area contributed by atoms with E-state index in [0.29, 0.717) is 0 Å². The molecule has 0 spiro atoms. The van der Waals surface area contributed by atoms with Crippen molar-refractivity contribution in [2.24, 2.45) is 5.92 Å². The van der Waals surface area contributed by atoms with E-state index in [9.17, 15) is 0 Å². The molecule has 0 amide bonds. The standard InChI is InChI=1S/C11H19ClN2/c1-2-10-4-3-6-14(7-5-10)9-11(12)8-13/h10-11H,2-7,9H2,1H3. The molecule has 0 aromatic heterocycles. The van der Waals surface area contributed by atoms with E-state index >= 15 is 0 Å². The van der Waals surface area contributed by atoms with Crippen molar-refractivity contribution in [3.05, 3.63) is 0 Å². The number of rotatable bonds is 3. The van der Waals surface area contributed by atoms with Gasteiger partial charge in [-0.05, 0) is 38.3 Å². The highest BCUT2D eigenvalue weighted by atomic mass is 35.5. The summed E-state index contributed by atoms with van der Waals surface area (Å²) in [5.41, 5.74) is 0. The van der Waals surface area contributed by atoms with Crippen LogP contribution >= 0.6 is 11.6 Å². The number of halogens is 1. The van der Waals surface area contributed by atoms with Gasteiger partial charge in [0.25, 0.3) is 0 Å². The Morgan fingerprint density at radius 2 is 2.29 bits per heavy atom. The van der Waals surface area contributed by atoms with Gasteiger partial charge in [-0.15, -0.1) is 11.6 Å². The Morgan fingerprint density at radius 1 is 1.50 bits per heavy atom. The number of hydrogen-bond donors (Lipinski definition) is 0. The van der Waals surface area contributed by atoms with Crippen molar-refractivity contribution in [2.75, 3.05) is 19.6 Å². The van der Waals surface area contributed by atoms with Crippen molar-refractivity contribution in [2.45, 2.75) is 38.0 Å². The smallest absolute Gasteiger partial charge is 0.133 e. The fourth-order valence-electron chi connectivity index (χ4n) is 2.08. The summed E-state index contributed by atoms with van der Waals surface area (Å²) in [5, 5.41) is 8.29. The molecular weight excluding hydrogens is 196 g/mol. The fourth-order valence-corrected chi connectivity index (χ4v) is 2.28. The molecule has 0 aromatic carbocycles. The lowest BCUT2D eigenvalue weighted by Crippen LogP contribution is -2.30. The Balaban J connectivity index is 2.31. The summed E-state index contributed by atoms with van der Waals surface area (Å²) in [6.45, 7) is 5.22. The lowest BCUT2D eigenvalue weighted by Gasteiger charge is -2.20. The lowest BCUT2D eigenvalue weighted by molar-refractivity contribution is 0.288. The Kier molecular flexibility index (Phi) is 5.29. The van der Waals surface area contributed by atoms with Gasteiger partial charge in [-0.2, -0.15) is 5.26 Å². The van der Waals surface area contributed by atoms with E-state index in [4.69, 9.17) is 16.9 Å². The molecule has 0 saturated carbocycles. The first-order valence-corrected chi connectivity index (χ1v) is 5.96. The highest BCUT2D eigenvalue weighted by Gasteiger charge is 2.17. The van der Waals surface area contributed by atoms with E-state index in [1.54, 1.807) is 0 Å². The SMILES string of the molecule is CCC1CCCN(CC(Cl)C#N)CC1. The number of nitriles is 1. The van der Waals surface area contributed by atoms with Crippen LogP contribution in [0, 0.1) is 17.2 Å². The molecule has 0 bridgehead atoms. The summed E-state index contributed by atoms with van der Waals surface area (Å²) in [7, 11) is 0. The average Bonchev–Trinajstić information content (AvgIpc) is 2.43. The molecule has 1 aliphatic rings. The maximum Gasteiger partial charge on any atom is 0.133 e. The van der Waals surface area contributed by atoms with Crippen molar-refractivity contribution >= 4 is 11.6 Å². The van der Waals surface area contributed by atoms with Gasteiger partial charge in [0.15, 0.2) is 0 Å². The summed E-state index contributed by atoms with van der Waals surface area (Å²) in [6, 6.07) is 2.08. The van der Waals surface area contributed by atoms with Crippen LogP contribution in [0.15, 0.2) is 0 Å². The minimum Gasteiger partial charge on any atom is -0.301 e. The van der Waals surface area contributed by atoms with E-state index in [1.807, 2.05) is 0 Å². The van der Waals surface area contributed by atoms with Crippen LogP contribution in [0.2, 0.25) is 0 Å². The van der Waals surface area contributed by atoms with Crippen molar-refractivity contribution in [1.29, 1.82) is 5.26 Å². The number of nitrogens with zero attached hydrogens (tertiary/aromatic N) is 2. The van der Waals surface area contributed by atoms with Crippen LogP contribution in [0.3, 0.4) is 0 Å². The largest absolute Gasteiger partial charge is 0.301 e. The molecule has 2 nitrogen and oxygen atoms in total. The fraction of sp³-hybridized carbons (Fsp3) is 0.909. The van der Waals surface area contributed by atoms with E-state index in [1.165, 1.54) is 25.7 Å². The molecule has 1 saturated heterocycles. The Labute approximate surface area is 91.8 Å². The summed E-state index contributed by atoms with van der Waals surface area (Å²) in [5.74, 6) is 0.885. The monoisotopic (exact) mass is 214 g/mol. The quantitative estimate of drug-likeness (QED) is 0.676. The molecule has 1 heterocycles. The molecule has 0 aromatic rings. The summed E-state index contributed by atoms with van der Waals surface area (Å²) in [4.78, 5) is 2.33. The predicted octanol–water partition coefficient (Wildman–Crippen LogP) is 2.63. The van der Waals surface area contributed by atoms with Gasteiger partial charge in [-0.25, -0.2) is 0 Å². The molecule has 1 aliphatic heterocycles. The zero-order valence-corrected chi connectivity index (χ0v) is 9.63. The molecule has 0 radical (unpaired) electrons. The first-order chi connectivity index (χ1) is 6.76.